The first-order valence-electron chi connectivity index (χ1n) is 4.53. The average molecular weight is 243 g/mol. The van der Waals surface area contributed by atoms with Crippen LogP contribution in [0.3, 0.4) is 0 Å². The number of nitrogens with zero attached hydrogens (tertiary/aromatic N) is 3. The molecule has 0 spiro atoms. The van der Waals surface area contributed by atoms with Gasteiger partial charge in [0.05, 0.1) is 5.69 Å². The number of hydrogen-bond donors (Lipinski definition) is 2. The van der Waals surface area contributed by atoms with Crippen molar-refractivity contribution < 1.29 is 13.2 Å². The van der Waals surface area contributed by atoms with Crippen LogP contribution in [0.5, 0.6) is 0 Å². The standard InChI is InChI=1S/C9H8F3N5/c10-9(11,12)6-3-4-17(16-6)7-2-1-5(13)8(14)15-7/h1-4H,13H2,(H2,14,15). The van der Waals surface area contributed by atoms with E-state index < -0.39 is 11.9 Å². The minimum Gasteiger partial charge on any atom is -0.396 e. The topological polar surface area (TPSA) is 82.8 Å². The van der Waals surface area contributed by atoms with Gasteiger partial charge in [0.25, 0.3) is 0 Å². The van der Waals surface area contributed by atoms with E-state index in [1.54, 1.807) is 0 Å². The molecule has 0 aromatic carbocycles. The highest BCUT2D eigenvalue weighted by Gasteiger charge is 2.33. The maximum absolute atomic E-state index is 12.3. The Labute approximate surface area is 93.9 Å². The van der Waals surface area contributed by atoms with Gasteiger partial charge >= 0.3 is 6.18 Å². The van der Waals surface area contributed by atoms with Crippen LogP contribution in [0.2, 0.25) is 0 Å². The largest absolute Gasteiger partial charge is 0.435 e. The summed E-state index contributed by atoms with van der Waals surface area (Å²) >= 11 is 0. The zero-order valence-corrected chi connectivity index (χ0v) is 8.44. The van der Waals surface area contributed by atoms with Crippen molar-refractivity contribution in [2.24, 2.45) is 0 Å². The van der Waals surface area contributed by atoms with Gasteiger partial charge in [-0.3, -0.25) is 0 Å². The summed E-state index contributed by atoms with van der Waals surface area (Å²) < 4.78 is 37.9. The molecule has 17 heavy (non-hydrogen) atoms. The van der Waals surface area contributed by atoms with E-state index in [4.69, 9.17) is 11.5 Å². The lowest BCUT2D eigenvalue weighted by Gasteiger charge is -2.04. The molecule has 0 amide bonds. The van der Waals surface area contributed by atoms with Crippen LogP contribution < -0.4 is 11.5 Å². The van der Waals surface area contributed by atoms with E-state index in [1.807, 2.05) is 0 Å². The number of anilines is 2. The van der Waals surface area contributed by atoms with Crippen LogP contribution in [0, 0.1) is 0 Å². The Balaban J connectivity index is 2.40. The van der Waals surface area contributed by atoms with E-state index in [-0.39, 0.29) is 17.3 Å². The Bertz CT molecular complexity index is 546. The molecule has 0 radical (unpaired) electrons. The lowest BCUT2D eigenvalue weighted by molar-refractivity contribution is -0.141. The molecule has 0 aliphatic carbocycles. The first-order valence-corrected chi connectivity index (χ1v) is 4.53. The van der Waals surface area contributed by atoms with Gasteiger partial charge in [0, 0.05) is 6.20 Å². The molecule has 2 aromatic heterocycles. The molecule has 90 valence electrons. The second-order valence-electron chi connectivity index (χ2n) is 3.29. The van der Waals surface area contributed by atoms with Crippen molar-refractivity contribution in [2.45, 2.75) is 6.18 Å². The summed E-state index contributed by atoms with van der Waals surface area (Å²) in [6.07, 6.45) is -3.33. The summed E-state index contributed by atoms with van der Waals surface area (Å²) in [6.45, 7) is 0. The minimum atomic E-state index is -4.48. The van der Waals surface area contributed by atoms with Crippen molar-refractivity contribution in [1.82, 2.24) is 14.8 Å². The van der Waals surface area contributed by atoms with Crippen LogP contribution >= 0.6 is 0 Å². The summed E-state index contributed by atoms with van der Waals surface area (Å²) in [5.74, 6) is 0.221. The van der Waals surface area contributed by atoms with Gasteiger partial charge in [-0.25, -0.2) is 9.67 Å². The molecular formula is C9H8F3N5. The predicted octanol–water partition coefficient (Wildman–Crippen LogP) is 1.45. The Morgan fingerprint density at radius 3 is 2.35 bits per heavy atom. The number of nitrogens with two attached hydrogens (primary N) is 2. The molecule has 8 heteroatoms. The van der Waals surface area contributed by atoms with Crippen LogP contribution in [0.15, 0.2) is 24.4 Å². The Morgan fingerprint density at radius 2 is 1.82 bits per heavy atom. The first kappa shape index (κ1) is 11.2. The fourth-order valence-electron chi connectivity index (χ4n) is 1.21. The van der Waals surface area contributed by atoms with Crippen molar-refractivity contribution in [3.63, 3.8) is 0 Å². The number of nitrogen functional groups attached to an aromatic ring is 2. The van der Waals surface area contributed by atoms with E-state index in [9.17, 15) is 13.2 Å². The van der Waals surface area contributed by atoms with Crippen molar-refractivity contribution in [1.29, 1.82) is 0 Å². The highest BCUT2D eigenvalue weighted by Crippen LogP contribution is 2.27. The summed E-state index contributed by atoms with van der Waals surface area (Å²) in [7, 11) is 0. The SMILES string of the molecule is Nc1ccc(-n2ccc(C(F)(F)F)n2)nc1N. The van der Waals surface area contributed by atoms with Gasteiger partial charge < -0.3 is 11.5 Å². The van der Waals surface area contributed by atoms with Crippen LogP contribution in [0.1, 0.15) is 5.69 Å². The molecule has 0 aliphatic heterocycles. The quantitative estimate of drug-likeness (QED) is 0.794. The molecule has 0 saturated heterocycles. The maximum Gasteiger partial charge on any atom is 0.435 e. The van der Waals surface area contributed by atoms with Gasteiger partial charge in [0.1, 0.15) is 5.82 Å². The van der Waals surface area contributed by atoms with Gasteiger partial charge in [-0.05, 0) is 18.2 Å². The highest BCUT2D eigenvalue weighted by atomic mass is 19.4. The summed E-state index contributed by atoms with van der Waals surface area (Å²) in [5.41, 5.74) is 10.2. The van der Waals surface area contributed by atoms with Crippen molar-refractivity contribution in [3.8, 4) is 5.82 Å². The molecule has 5 nitrogen and oxygen atoms in total. The number of halogens is 3. The molecule has 0 atom stereocenters. The number of rotatable bonds is 1. The lowest BCUT2D eigenvalue weighted by atomic mass is 10.4. The van der Waals surface area contributed by atoms with Crippen molar-refractivity contribution in [2.75, 3.05) is 11.5 Å². The van der Waals surface area contributed by atoms with Gasteiger partial charge in [-0.2, -0.15) is 18.3 Å². The fourth-order valence-corrected chi connectivity index (χ4v) is 1.21. The van der Waals surface area contributed by atoms with Crippen molar-refractivity contribution >= 4 is 11.5 Å². The van der Waals surface area contributed by atoms with E-state index in [2.05, 4.69) is 10.1 Å². The molecule has 2 heterocycles. The van der Waals surface area contributed by atoms with E-state index >= 15 is 0 Å². The van der Waals surface area contributed by atoms with E-state index in [1.165, 1.54) is 12.1 Å². The lowest BCUT2D eigenvalue weighted by Crippen LogP contribution is -2.08. The molecule has 4 N–H and O–H groups in total. The third-order valence-corrected chi connectivity index (χ3v) is 2.06. The molecule has 0 fully saturated rings. The molecular weight excluding hydrogens is 235 g/mol. The van der Waals surface area contributed by atoms with E-state index in [0.29, 0.717) is 0 Å². The number of hydrogen-bond acceptors (Lipinski definition) is 4. The molecule has 2 aromatic rings. The van der Waals surface area contributed by atoms with Gasteiger partial charge in [-0.1, -0.05) is 0 Å². The van der Waals surface area contributed by atoms with Gasteiger partial charge in [0.15, 0.2) is 11.5 Å². The average Bonchev–Trinajstić information content (AvgIpc) is 2.70. The van der Waals surface area contributed by atoms with Crippen LogP contribution in [0.4, 0.5) is 24.7 Å². The normalized spacial score (nSPS) is 11.7. The maximum atomic E-state index is 12.3. The summed E-state index contributed by atoms with van der Waals surface area (Å²) in [6, 6.07) is 3.74. The van der Waals surface area contributed by atoms with E-state index in [0.717, 1.165) is 16.9 Å². The van der Waals surface area contributed by atoms with Gasteiger partial charge in [-0.15, -0.1) is 0 Å². The zero-order valence-electron chi connectivity index (χ0n) is 8.44. The minimum absolute atomic E-state index is 0.0477. The molecule has 0 aliphatic rings. The van der Waals surface area contributed by atoms with Crippen molar-refractivity contribution in [3.05, 3.63) is 30.1 Å². The fraction of sp³-hybridized carbons (Fsp3) is 0.111. The highest BCUT2D eigenvalue weighted by molar-refractivity contribution is 5.59. The van der Waals surface area contributed by atoms with Crippen LogP contribution in [0.25, 0.3) is 5.82 Å². The third kappa shape index (κ3) is 2.14. The zero-order chi connectivity index (χ0) is 12.6. The number of pyridine rings is 1. The molecule has 0 unspecified atom stereocenters. The monoisotopic (exact) mass is 243 g/mol. The van der Waals surface area contributed by atoms with Gasteiger partial charge in [0.2, 0.25) is 0 Å². The first-order chi connectivity index (χ1) is 7.88. The Morgan fingerprint density at radius 1 is 1.12 bits per heavy atom. The molecule has 0 bridgehead atoms. The van der Waals surface area contributed by atoms with Crippen LogP contribution in [-0.4, -0.2) is 14.8 Å². The third-order valence-electron chi connectivity index (χ3n) is 2.06. The Kier molecular flexibility index (Phi) is 2.41. The summed E-state index contributed by atoms with van der Waals surface area (Å²) in [5, 5.41) is 3.36. The summed E-state index contributed by atoms with van der Waals surface area (Å²) in [4.78, 5) is 3.82. The molecule has 2 rings (SSSR count). The number of aromatic nitrogens is 3. The van der Waals surface area contributed by atoms with Crippen LogP contribution in [-0.2, 0) is 6.18 Å². The second-order valence-corrected chi connectivity index (χ2v) is 3.29. The smallest absolute Gasteiger partial charge is 0.396 e. The molecule has 0 saturated carbocycles. The number of alkyl halides is 3. The predicted molar refractivity (Wildman–Crippen MR) is 55.2 cm³/mol. The second kappa shape index (κ2) is 3.65. The Hall–Kier alpha value is -2.25.